The van der Waals surface area contributed by atoms with Crippen molar-refractivity contribution in [1.82, 2.24) is 9.47 Å². The zero-order chi connectivity index (χ0) is 30.9. The molecule has 2 heterocycles. The second-order valence-electron chi connectivity index (χ2n) is 10.9. The highest BCUT2D eigenvalue weighted by atomic mass is 35.5. The molecule has 45 heavy (non-hydrogen) atoms. The fourth-order valence-corrected chi connectivity index (χ4v) is 5.77. The second kappa shape index (κ2) is 16.2. The van der Waals surface area contributed by atoms with Gasteiger partial charge >= 0.3 is 5.97 Å². The number of aryl methyl sites for hydroxylation is 1. The summed E-state index contributed by atoms with van der Waals surface area (Å²) in [5, 5.41) is 0.874. The van der Waals surface area contributed by atoms with E-state index in [-0.39, 0.29) is 24.2 Å². The van der Waals surface area contributed by atoms with Crippen molar-refractivity contribution in [2.45, 2.75) is 32.7 Å². The van der Waals surface area contributed by atoms with Crippen LogP contribution in [0.2, 0.25) is 0 Å². The molecule has 0 spiro atoms. The highest BCUT2D eigenvalue weighted by Gasteiger charge is 2.20. The van der Waals surface area contributed by atoms with Crippen LogP contribution in [0.25, 0.3) is 10.9 Å². The Bertz CT molecular complexity index is 1580. The molecule has 1 fully saturated rings. The highest BCUT2D eigenvalue weighted by Crippen LogP contribution is 2.30. The van der Waals surface area contributed by atoms with Gasteiger partial charge in [0, 0.05) is 73.9 Å². The van der Waals surface area contributed by atoms with Crippen LogP contribution in [0, 0.1) is 0 Å². The van der Waals surface area contributed by atoms with Gasteiger partial charge in [-0.3, -0.25) is 14.5 Å². The number of benzene rings is 3. The van der Waals surface area contributed by atoms with Crippen molar-refractivity contribution in [1.29, 1.82) is 0 Å². The third kappa shape index (κ3) is 8.29. The number of hydrogen-bond donors (Lipinski definition) is 1. The van der Waals surface area contributed by atoms with Crippen LogP contribution in [0.3, 0.4) is 0 Å². The molecule has 0 bridgehead atoms. The molecule has 1 saturated heterocycles. The van der Waals surface area contributed by atoms with Gasteiger partial charge in [0.2, 0.25) is 0 Å². The van der Waals surface area contributed by atoms with Crippen molar-refractivity contribution in [2.24, 2.45) is 0 Å². The first-order valence-corrected chi connectivity index (χ1v) is 15.4. The predicted molar refractivity (Wildman–Crippen MR) is 181 cm³/mol. The summed E-state index contributed by atoms with van der Waals surface area (Å²) in [4.78, 5) is 30.3. The average molecular weight is 635 g/mol. The van der Waals surface area contributed by atoms with E-state index in [1.165, 1.54) is 0 Å². The van der Waals surface area contributed by atoms with E-state index in [1.807, 2.05) is 53.2 Å². The summed E-state index contributed by atoms with van der Waals surface area (Å²) in [6.07, 6.45) is 3.69. The van der Waals surface area contributed by atoms with Gasteiger partial charge in [-0.2, -0.15) is 0 Å². The van der Waals surface area contributed by atoms with Gasteiger partial charge in [0.05, 0.1) is 31.7 Å². The lowest BCUT2D eigenvalue weighted by atomic mass is 10.0. The van der Waals surface area contributed by atoms with Crippen LogP contribution in [-0.4, -0.2) is 74.3 Å². The van der Waals surface area contributed by atoms with Crippen LogP contribution >= 0.6 is 12.4 Å². The third-order valence-electron chi connectivity index (χ3n) is 8.07. The fourth-order valence-electron chi connectivity index (χ4n) is 5.77. The quantitative estimate of drug-likeness (QED) is 0.0802. The van der Waals surface area contributed by atoms with Crippen molar-refractivity contribution in [2.75, 3.05) is 63.7 Å². The van der Waals surface area contributed by atoms with E-state index in [0.29, 0.717) is 55.2 Å². The number of carbonyl (C=O) groups excluding carboxylic acids is 2. The Labute approximate surface area is 271 Å². The van der Waals surface area contributed by atoms with Crippen LogP contribution in [-0.2, 0) is 16.1 Å². The number of hydrogen-bond acceptors (Lipinski definition) is 8. The van der Waals surface area contributed by atoms with Crippen molar-refractivity contribution >= 4 is 46.4 Å². The van der Waals surface area contributed by atoms with E-state index >= 15 is 0 Å². The molecule has 5 rings (SSSR count). The van der Waals surface area contributed by atoms with Gasteiger partial charge in [-0.05, 0) is 56.2 Å². The van der Waals surface area contributed by atoms with Gasteiger partial charge in [0.25, 0.3) is 0 Å². The second-order valence-corrected chi connectivity index (χ2v) is 10.9. The summed E-state index contributed by atoms with van der Waals surface area (Å²) in [6, 6.07) is 21.2. The maximum atomic E-state index is 13.7. The minimum absolute atomic E-state index is 0. The summed E-state index contributed by atoms with van der Waals surface area (Å²) < 4.78 is 18.7. The number of esters is 1. The van der Waals surface area contributed by atoms with Gasteiger partial charge < -0.3 is 29.4 Å². The van der Waals surface area contributed by atoms with Gasteiger partial charge in [0.1, 0.15) is 11.5 Å². The zero-order valence-electron chi connectivity index (χ0n) is 26.1. The van der Waals surface area contributed by atoms with E-state index in [4.69, 9.17) is 19.9 Å². The first-order valence-electron chi connectivity index (χ1n) is 15.4. The number of anilines is 2. The van der Waals surface area contributed by atoms with Crippen molar-refractivity contribution in [3.63, 3.8) is 0 Å². The van der Waals surface area contributed by atoms with E-state index in [0.717, 1.165) is 61.5 Å². The molecule has 0 unspecified atom stereocenters. The predicted octanol–water partition coefficient (Wildman–Crippen LogP) is 5.82. The lowest BCUT2D eigenvalue weighted by molar-refractivity contribution is -0.143. The number of aromatic nitrogens is 1. The number of para-hydroxylation sites is 3. The number of carbonyl (C=O) groups is 2. The first kappa shape index (κ1) is 33.7. The molecule has 0 amide bonds. The number of ether oxygens (including phenoxy) is 3. The molecule has 2 N–H and O–H groups in total. The number of methoxy groups -OCH3 is 1. The Morgan fingerprint density at radius 3 is 2.42 bits per heavy atom. The molecule has 0 aliphatic carbocycles. The van der Waals surface area contributed by atoms with Gasteiger partial charge in [0.15, 0.2) is 5.78 Å². The SMILES string of the molecule is CCOC(=O)CCCn1cc(C(=O)c2ccc(N)c(OCCCN3CCN(c4ccccc4OC)CC3)c2)c2ccccc21.Cl. The molecule has 3 aromatic carbocycles. The monoisotopic (exact) mass is 634 g/mol. The molecule has 1 aliphatic rings. The normalized spacial score (nSPS) is 13.3. The van der Waals surface area contributed by atoms with E-state index in [9.17, 15) is 9.59 Å². The number of nitrogens with zero attached hydrogens (tertiary/aromatic N) is 3. The van der Waals surface area contributed by atoms with E-state index in [1.54, 1.807) is 32.2 Å². The van der Waals surface area contributed by atoms with Crippen LogP contribution < -0.4 is 20.1 Å². The molecule has 1 aromatic heterocycles. The highest BCUT2D eigenvalue weighted by molar-refractivity contribution is 6.16. The molecular weight excluding hydrogens is 592 g/mol. The topological polar surface area (TPSA) is 99.3 Å². The molecule has 4 aromatic rings. The number of nitrogens with two attached hydrogens (primary N) is 1. The fraction of sp³-hybridized carbons (Fsp3) is 0.371. The summed E-state index contributed by atoms with van der Waals surface area (Å²) in [6.45, 7) is 8.05. The number of piperazine rings is 1. The number of ketones is 1. The zero-order valence-corrected chi connectivity index (χ0v) is 26.9. The summed E-state index contributed by atoms with van der Waals surface area (Å²) >= 11 is 0. The molecule has 0 radical (unpaired) electrons. The molecule has 0 atom stereocenters. The van der Waals surface area contributed by atoms with Crippen molar-refractivity contribution in [3.8, 4) is 11.5 Å². The van der Waals surface area contributed by atoms with E-state index < -0.39 is 0 Å². The van der Waals surface area contributed by atoms with Crippen LogP contribution in [0.5, 0.6) is 11.5 Å². The lowest BCUT2D eigenvalue weighted by Gasteiger charge is -2.36. The Hall–Kier alpha value is -4.21. The largest absolute Gasteiger partial charge is 0.495 e. The molecule has 0 saturated carbocycles. The third-order valence-corrected chi connectivity index (χ3v) is 8.07. The summed E-state index contributed by atoms with van der Waals surface area (Å²) in [7, 11) is 1.71. The molecule has 240 valence electrons. The smallest absolute Gasteiger partial charge is 0.305 e. The van der Waals surface area contributed by atoms with Crippen molar-refractivity contribution in [3.05, 3.63) is 84.1 Å². The average Bonchev–Trinajstić information content (AvgIpc) is 3.42. The Balaban J connectivity index is 0.00000461. The minimum atomic E-state index is -0.207. The Morgan fingerprint density at radius 2 is 1.64 bits per heavy atom. The summed E-state index contributed by atoms with van der Waals surface area (Å²) in [5.74, 6) is 1.13. The van der Waals surface area contributed by atoms with Gasteiger partial charge in [-0.1, -0.05) is 30.3 Å². The number of halogens is 1. The lowest BCUT2D eigenvalue weighted by Crippen LogP contribution is -2.46. The van der Waals surface area contributed by atoms with Crippen molar-refractivity contribution < 1.29 is 23.8 Å². The number of rotatable bonds is 14. The maximum Gasteiger partial charge on any atom is 0.305 e. The van der Waals surface area contributed by atoms with Crippen LogP contribution in [0.15, 0.2) is 72.9 Å². The van der Waals surface area contributed by atoms with Gasteiger partial charge in [-0.25, -0.2) is 0 Å². The molecule has 1 aliphatic heterocycles. The van der Waals surface area contributed by atoms with Gasteiger partial charge in [-0.15, -0.1) is 12.4 Å². The molecular formula is C35H43ClN4O5. The Kier molecular flexibility index (Phi) is 12.1. The number of nitrogen functional groups attached to an aromatic ring is 1. The van der Waals surface area contributed by atoms with Crippen LogP contribution in [0.1, 0.15) is 42.1 Å². The first-order chi connectivity index (χ1) is 21.5. The van der Waals surface area contributed by atoms with E-state index in [2.05, 4.69) is 15.9 Å². The number of fused-ring (bicyclic) bond motifs is 1. The maximum absolute atomic E-state index is 13.7. The minimum Gasteiger partial charge on any atom is -0.495 e. The molecule has 9 nitrogen and oxygen atoms in total. The standard InChI is InChI=1S/C35H42N4O5.ClH/c1-3-43-34(40)14-8-18-39-25-28(27-10-4-5-11-30(27)39)35(41)26-15-16-29(36)33(24-26)44-23-9-17-37-19-21-38(22-20-37)31-12-6-7-13-32(31)42-2;/h4-7,10-13,15-16,24-25H,3,8-9,14,17-23,36H2,1-2H3;1H. The molecule has 10 heteroatoms. The Morgan fingerprint density at radius 1 is 0.889 bits per heavy atom. The van der Waals surface area contributed by atoms with Crippen LogP contribution in [0.4, 0.5) is 11.4 Å². The summed E-state index contributed by atoms with van der Waals surface area (Å²) in [5.41, 5.74) is 9.98.